The van der Waals surface area contributed by atoms with Crippen molar-refractivity contribution in [3.63, 3.8) is 0 Å². The van der Waals surface area contributed by atoms with Gasteiger partial charge in [-0.15, -0.1) is 0 Å². The first-order valence-corrected chi connectivity index (χ1v) is 25.8. The first kappa shape index (κ1) is 47.8. The molecule has 9 aliphatic rings. The summed E-state index contributed by atoms with van der Waals surface area (Å²) in [7, 11) is 0. The second-order valence-corrected chi connectivity index (χ2v) is 22.2. The molecular weight excluding hydrogens is 871 g/mol. The van der Waals surface area contributed by atoms with Crippen LogP contribution in [-0.4, -0.2) is 139 Å². The predicted octanol–water partition coefficient (Wildman–Crippen LogP) is 3.75. The van der Waals surface area contributed by atoms with E-state index in [0.717, 1.165) is 49.0 Å². The second kappa shape index (κ2) is 19.3. The van der Waals surface area contributed by atoms with Crippen LogP contribution >= 0.6 is 11.8 Å². The van der Waals surface area contributed by atoms with Gasteiger partial charge in [0, 0.05) is 53.1 Å². The van der Waals surface area contributed by atoms with Gasteiger partial charge in [0.15, 0.2) is 0 Å². The van der Waals surface area contributed by atoms with Crippen molar-refractivity contribution >= 4 is 41.6 Å². The molecule has 9 rings (SSSR count). The highest BCUT2D eigenvalue weighted by molar-refractivity contribution is 8.00. The molecule has 0 aromatic heterocycles. The van der Waals surface area contributed by atoms with Gasteiger partial charge in [-0.1, -0.05) is 44.6 Å². The highest BCUT2D eigenvalue weighted by atomic mass is 32.2. The zero-order valence-electron chi connectivity index (χ0n) is 38.6. The Kier molecular flexibility index (Phi) is 14.0. The number of esters is 3. The lowest BCUT2D eigenvalue weighted by molar-refractivity contribution is -0.229. The Morgan fingerprint density at radius 1 is 0.818 bits per heavy atom. The van der Waals surface area contributed by atoms with Crippen LogP contribution in [0.5, 0.6) is 0 Å². The van der Waals surface area contributed by atoms with Gasteiger partial charge in [0.05, 0.1) is 70.0 Å². The van der Waals surface area contributed by atoms with Gasteiger partial charge in [-0.3, -0.25) is 19.2 Å². The fourth-order valence-corrected chi connectivity index (χ4v) is 16.1. The third-order valence-corrected chi connectivity index (χ3v) is 19.3. The van der Waals surface area contributed by atoms with Crippen molar-refractivity contribution in [1.29, 1.82) is 0 Å². The van der Waals surface area contributed by atoms with Crippen LogP contribution in [0, 0.1) is 52.8 Å². The maximum Gasteiger partial charge on any atom is 0.315 e. The molecule has 16 nitrogen and oxygen atoms in total. The van der Waals surface area contributed by atoms with E-state index in [1.165, 1.54) is 0 Å². The minimum Gasteiger partial charge on any atom is -0.462 e. The normalized spacial score (nSPS) is 42.9. The van der Waals surface area contributed by atoms with Gasteiger partial charge < -0.3 is 54.6 Å². The highest BCUT2D eigenvalue weighted by Crippen LogP contribution is 2.76. The summed E-state index contributed by atoms with van der Waals surface area (Å²) in [5, 5.41) is 36.1. The molecule has 17 heteroatoms. The first-order chi connectivity index (χ1) is 31.7. The summed E-state index contributed by atoms with van der Waals surface area (Å²) in [6.07, 6.45) is 5.16. The lowest BCUT2D eigenvalue weighted by Crippen LogP contribution is -2.64. The third kappa shape index (κ3) is 8.30. The molecule has 1 spiro atoms. The van der Waals surface area contributed by atoms with Crippen molar-refractivity contribution in [2.24, 2.45) is 52.8 Å². The Morgan fingerprint density at radius 3 is 2.15 bits per heavy atom. The SMILES string of the molecule is C=C1CC[C@@H]2[C@H](OC(=O)[C@H]2C)[C@@H]2C1C[C@H](OC(=O)CCOCCOCCOCCNC(=O)CCCC[C@@H]1SC[C@@H]3NC(=O)N[C@@H]31)[C@]21CC[C@]2(O)[C@@H]3[C@H]4OC(=O)[C@@H](C)[C@@H]4CCC(=C)[C@@H]3C[C@]12O. The predicted molar refractivity (Wildman–Crippen MR) is 240 cm³/mol. The molecule has 9 fully saturated rings. The summed E-state index contributed by atoms with van der Waals surface area (Å²) < 4.78 is 35.8. The molecule has 5 N–H and O–H groups in total. The fourth-order valence-electron chi connectivity index (χ4n) is 14.5. The molecule has 0 aromatic rings. The zero-order chi connectivity index (χ0) is 46.5. The van der Waals surface area contributed by atoms with E-state index in [1.54, 1.807) is 0 Å². The number of unbranched alkanes of at least 4 members (excludes halogenated alkanes) is 1. The number of thioether (sulfide) groups is 1. The molecule has 1 unspecified atom stereocenters. The molecule has 0 aromatic carbocycles. The van der Waals surface area contributed by atoms with Crippen LogP contribution in [0.1, 0.15) is 97.3 Å². The van der Waals surface area contributed by atoms with Gasteiger partial charge in [-0.05, 0) is 76.0 Å². The minimum atomic E-state index is -1.77. The van der Waals surface area contributed by atoms with E-state index < -0.39 is 52.7 Å². The van der Waals surface area contributed by atoms with Crippen LogP contribution in [-0.2, 0) is 47.6 Å². The fraction of sp³-hybridized carbons (Fsp3) is 0.816. The Labute approximate surface area is 392 Å². The van der Waals surface area contributed by atoms with Crippen molar-refractivity contribution in [2.45, 2.75) is 144 Å². The third-order valence-electron chi connectivity index (χ3n) is 17.8. The van der Waals surface area contributed by atoms with Crippen LogP contribution < -0.4 is 16.0 Å². The Hall–Kier alpha value is -3.22. The number of ether oxygens (including phenoxy) is 6. The number of nitrogens with one attached hydrogen (secondary N) is 3. The first-order valence-electron chi connectivity index (χ1n) is 24.8. The lowest BCUT2D eigenvalue weighted by Gasteiger charge is -2.51. The monoisotopic (exact) mass is 941 g/mol. The van der Waals surface area contributed by atoms with Crippen LogP contribution in [0.4, 0.5) is 4.79 Å². The molecule has 66 heavy (non-hydrogen) atoms. The molecule has 4 aliphatic heterocycles. The average Bonchev–Trinajstić information content (AvgIpc) is 4.10. The van der Waals surface area contributed by atoms with Crippen LogP contribution in [0.3, 0.4) is 0 Å². The minimum absolute atomic E-state index is 0.00193. The van der Waals surface area contributed by atoms with E-state index in [-0.39, 0.29) is 104 Å². The van der Waals surface area contributed by atoms with Crippen LogP contribution in [0.2, 0.25) is 0 Å². The highest BCUT2D eigenvalue weighted by Gasteiger charge is 2.83. The van der Waals surface area contributed by atoms with Gasteiger partial charge in [0.1, 0.15) is 29.5 Å². The Bertz CT molecular complexity index is 1920. The Morgan fingerprint density at radius 2 is 1.45 bits per heavy atom. The summed E-state index contributed by atoms with van der Waals surface area (Å²) >= 11 is 1.88. The molecule has 0 bridgehead atoms. The van der Waals surface area contributed by atoms with E-state index in [1.807, 2.05) is 25.6 Å². The smallest absolute Gasteiger partial charge is 0.315 e. The number of allylic oxidation sites excluding steroid dienone is 2. The van der Waals surface area contributed by atoms with Crippen molar-refractivity contribution in [3.05, 3.63) is 24.3 Å². The molecule has 17 atom stereocenters. The van der Waals surface area contributed by atoms with E-state index in [2.05, 4.69) is 29.1 Å². The molecule has 366 valence electrons. The molecule has 5 saturated carbocycles. The van der Waals surface area contributed by atoms with Gasteiger partial charge in [0.2, 0.25) is 5.91 Å². The number of fused-ring (bicyclic) bond motifs is 11. The number of hydrogen-bond acceptors (Lipinski definition) is 14. The summed E-state index contributed by atoms with van der Waals surface area (Å²) in [4.78, 5) is 64.0. The van der Waals surface area contributed by atoms with Gasteiger partial charge in [0.25, 0.3) is 0 Å². The number of rotatable bonds is 18. The van der Waals surface area contributed by atoms with Crippen molar-refractivity contribution in [3.8, 4) is 0 Å². The van der Waals surface area contributed by atoms with E-state index in [4.69, 9.17) is 28.4 Å². The topological polar surface area (TPSA) is 217 Å². The van der Waals surface area contributed by atoms with E-state index >= 15 is 0 Å². The molecular formula is C49H71N3O13S. The number of carbonyl (C=O) groups excluding carboxylic acids is 5. The molecule has 5 aliphatic carbocycles. The molecule has 0 radical (unpaired) electrons. The van der Waals surface area contributed by atoms with E-state index in [0.29, 0.717) is 70.3 Å². The van der Waals surface area contributed by atoms with Crippen molar-refractivity contribution in [1.82, 2.24) is 16.0 Å². The number of carbonyl (C=O) groups is 5. The van der Waals surface area contributed by atoms with Crippen LogP contribution in [0.15, 0.2) is 24.3 Å². The van der Waals surface area contributed by atoms with Crippen molar-refractivity contribution < 1.29 is 62.6 Å². The summed E-state index contributed by atoms with van der Waals surface area (Å²) in [6.45, 7) is 14.9. The second-order valence-electron chi connectivity index (χ2n) is 20.9. The zero-order valence-corrected chi connectivity index (χ0v) is 39.5. The number of urea groups is 1. The summed E-state index contributed by atoms with van der Waals surface area (Å²) in [5.74, 6) is -2.52. The number of amides is 3. The summed E-state index contributed by atoms with van der Waals surface area (Å²) in [6, 6.07) is 0.317. The summed E-state index contributed by atoms with van der Waals surface area (Å²) in [5.41, 5.74) is -2.69. The Balaban J connectivity index is 0.740. The van der Waals surface area contributed by atoms with Gasteiger partial charge in [-0.25, -0.2) is 4.79 Å². The number of hydrogen-bond donors (Lipinski definition) is 5. The standard InChI is InChI=1S/C49H71N3O13S/c1-26-9-11-30-28(3)44(55)64-42(30)39-32(26)23-36(47(39)14-15-48(58)40-33(24-49(47,48)59)27(2)10-12-31-29(4)45(56)65-43(31)40)63-38(54)13-17-60-19-21-62-22-20-61-18-16-50-37(53)8-6-5-7-35-41-34(25-66-35)51-46(57)52-41/h28-36,39-43,58-59H,1-2,5-25H2,3-4H3,(H,50,53)(H2,51,52,57)/t28-,29-,30-,31-,32?,33-,34-,35-,36-,39-,40-,41-,42-,43-,47+,48-,49-/m0/s1. The van der Waals surface area contributed by atoms with Crippen LogP contribution in [0.25, 0.3) is 0 Å². The average molecular weight is 942 g/mol. The molecule has 4 saturated heterocycles. The van der Waals surface area contributed by atoms with Crippen molar-refractivity contribution in [2.75, 3.05) is 51.9 Å². The lowest BCUT2D eigenvalue weighted by atomic mass is 9.59. The quantitative estimate of drug-likeness (QED) is 0.0435. The molecule has 3 amide bonds. The van der Waals surface area contributed by atoms with Gasteiger partial charge >= 0.3 is 23.9 Å². The number of aliphatic hydroxyl groups is 2. The molecule has 4 heterocycles. The largest absolute Gasteiger partial charge is 0.462 e. The maximum absolute atomic E-state index is 13.8. The maximum atomic E-state index is 13.8. The van der Waals surface area contributed by atoms with E-state index in [9.17, 15) is 34.2 Å². The van der Waals surface area contributed by atoms with Gasteiger partial charge in [-0.2, -0.15) is 11.8 Å².